The minimum absolute atomic E-state index is 0.00462. The Kier molecular flexibility index (Phi) is 6.10. The Balaban J connectivity index is 3.10. The molecule has 0 fully saturated rings. The fourth-order valence-corrected chi connectivity index (χ4v) is 2.03. The Morgan fingerprint density at radius 1 is 1.48 bits per heavy atom. The molecule has 7 nitrogen and oxygen atoms in total. The van der Waals surface area contributed by atoms with E-state index in [-0.39, 0.29) is 29.8 Å². The van der Waals surface area contributed by atoms with Crippen LogP contribution >= 0.6 is 0 Å². The normalized spacial score (nSPS) is 10.5. The Morgan fingerprint density at radius 2 is 2.14 bits per heavy atom. The van der Waals surface area contributed by atoms with Crippen molar-refractivity contribution < 1.29 is 14.8 Å². The van der Waals surface area contributed by atoms with Crippen molar-refractivity contribution in [2.75, 3.05) is 25.5 Å². The van der Waals surface area contributed by atoms with Gasteiger partial charge in [0.15, 0.2) is 0 Å². The number of hydrogen-bond donors (Lipinski definition) is 2. The molecular weight excluding hydrogens is 274 g/mol. The molecule has 0 bridgehead atoms. The van der Waals surface area contributed by atoms with Crippen molar-refractivity contribution in [3.8, 4) is 0 Å². The zero-order valence-corrected chi connectivity index (χ0v) is 12.5. The molecular formula is C14H21N3O4. The second-order valence-corrected chi connectivity index (χ2v) is 4.91. The number of rotatable bonds is 7. The quantitative estimate of drug-likeness (QED) is 0.591. The number of carbonyl (C=O) groups excluding carboxylic acids is 1. The van der Waals surface area contributed by atoms with E-state index in [1.54, 1.807) is 18.0 Å². The third-order valence-corrected chi connectivity index (χ3v) is 3.15. The van der Waals surface area contributed by atoms with E-state index in [1.807, 2.05) is 13.8 Å². The van der Waals surface area contributed by atoms with Gasteiger partial charge in [0.2, 0.25) is 0 Å². The van der Waals surface area contributed by atoms with E-state index in [4.69, 9.17) is 5.11 Å². The first-order valence-electron chi connectivity index (χ1n) is 6.80. The summed E-state index contributed by atoms with van der Waals surface area (Å²) in [5.74, 6) is -0.274. The molecule has 0 saturated heterocycles. The highest BCUT2D eigenvalue weighted by Crippen LogP contribution is 2.26. The number of nitrogens with zero attached hydrogens (tertiary/aromatic N) is 2. The molecule has 1 rings (SSSR count). The molecule has 1 amide bonds. The number of aliphatic hydroxyl groups excluding tert-OH is 1. The molecule has 0 aliphatic heterocycles. The van der Waals surface area contributed by atoms with E-state index in [2.05, 4.69) is 5.32 Å². The van der Waals surface area contributed by atoms with Gasteiger partial charge in [0.1, 0.15) is 5.69 Å². The number of anilines is 1. The van der Waals surface area contributed by atoms with E-state index >= 15 is 0 Å². The van der Waals surface area contributed by atoms with Gasteiger partial charge in [0.25, 0.3) is 11.6 Å². The summed E-state index contributed by atoms with van der Waals surface area (Å²) in [5, 5.41) is 22.7. The average molecular weight is 295 g/mol. The molecule has 0 aromatic heterocycles. The summed E-state index contributed by atoms with van der Waals surface area (Å²) < 4.78 is 0. The van der Waals surface area contributed by atoms with Crippen LogP contribution in [-0.4, -0.2) is 47.1 Å². The van der Waals surface area contributed by atoms with Gasteiger partial charge in [-0.1, -0.05) is 0 Å². The van der Waals surface area contributed by atoms with Crippen LogP contribution in [0.1, 0.15) is 30.6 Å². The predicted molar refractivity (Wildman–Crippen MR) is 80.5 cm³/mol. The van der Waals surface area contributed by atoms with Gasteiger partial charge in [-0.25, -0.2) is 0 Å². The van der Waals surface area contributed by atoms with Crippen LogP contribution in [0.3, 0.4) is 0 Å². The summed E-state index contributed by atoms with van der Waals surface area (Å²) in [5.41, 5.74) is 0.504. The summed E-state index contributed by atoms with van der Waals surface area (Å²) in [4.78, 5) is 24.6. The Labute approximate surface area is 123 Å². The fourth-order valence-electron chi connectivity index (χ4n) is 2.03. The lowest BCUT2D eigenvalue weighted by Crippen LogP contribution is -2.38. The summed E-state index contributed by atoms with van der Waals surface area (Å²) in [7, 11) is 1.59. The largest absolute Gasteiger partial charge is 0.396 e. The zero-order valence-electron chi connectivity index (χ0n) is 12.5. The van der Waals surface area contributed by atoms with Crippen LogP contribution in [-0.2, 0) is 0 Å². The van der Waals surface area contributed by atoms with Crippen LogP contribution in [0.5, 0.6) is 0 Å². The monoisotopic (exact) mass is 295 g/mol. The molecule has 21 heavy (non-hydrogen) atoms. The lowest BCUT2D eigenvalue weighted by molar-refractivity contribution is -0.384. The number of nitro groups is 1. The van der Waals surface area contributed by atoms with Gasteiger partial charge >= 0.3 is 0 Å². The maximum Gasteiger partial charge on any atom is 0.293 e. The summed E-state index contributed by atoms with van der Waals surface area (Å²) in [6.45, 7) is 4.14. The topological polar surface area (TPSA) is 95.7 Å². The van der Waals surface area contributed by atoms with Crippen molar-refractivity contribution in [1.82, 2.24) is 4.90 Å². The van der Waals surface area contributed by atoms with Crippen LogP contribution in [0.15, 0.2) is 18.2 Å². The van der Waals surface area contributed by atoms with E-state index in [0.717, 1.165) is 0 Å². The van der Waals surface area contributed by atoms with Crippen LogP contribution in [0.2, 0.25) is 0 Å². The predicted octanol–water partition coefficient (Wildman–Crippen LogP) is 1.87. The van der Waals surface area contributed by atoms with Crippen LogP contribution < -0.4 is 5.32 Å². The lowest BCUT2D eigenvalue weighted by Gasteiger charge is -2.26. The number of amides is 1. The molecule has 0 saturated carbocycles. The van der Waals surface area contributed by atoms with Gasteiger partial charge in [0.05, 0.1) is 4.92 Å². The molecule has 0 unspecified atom stereocenters. The molecule has 0 atom stereocenters. The minimum Gasteiger partial charge on any atom is -0.396 e. The van der Waals surface area contributed by atoms with Crippen LogP contribution in [0, 0.1) is 10.1 Å². The molecule has 1 aromatic carbocycles. The summed E-state index contributed by atoms with van der Waals surface area (Å²) >= 11 is 0. The number of nitro benzene ring substituents is 1. The maximum atomic E-state index is 12.5. The molecule has 116 valence electrons. The first-order chi connectivity index (χ1) is 9.92. The second-order valence-electron chi connectivity index (χ2n) is 4.91. The number of nitrogens with one attached hydrogen (secondary N) is 1. The highest BCUT2D eigenvalue weighted by Gasteiger charge is 2.22. The highest BCUT2D eigenvalue weighted by atomic mass is 16.6. The van der Waals surface area contributed by atoms with Crippen molar-refractivity contribution in [3.05, 3.63) is 33.9 Å². The number of hydrogen-bond acceptors (Lipinski definition) is 5. The van der Waals surface area contributed by atoms with Crippen LogP contribution in [0.4, 0.5) is 11.4 Å². The van der Waals surface area contributed by atoms with E-state index < -0.39 is 4.92 Å². The van der Waals surface area contributed by atoms with Crippen molar-refractivity contribution >= 4 is 17.3 Å². The summed E-state index contributed by atoms with van der Waals surface area (Å²) in [6.07, 6.45) is 0.473. The third-order valence-electron chi connectivity index (χ3n) is 3.15. The number of carbonyl (C=O) groups is 1. The maximum absolute atomic E-state index is 12.5. The Bertz CT molecular complexity index is 517. The van der Waals surface area contributed by atoms with Gasteiger partial charge in [-0.3, -0.25) is 14.9 Å². The SMILES string of the molecule is CNc1ccc(C(=O)N(CCCO)C(C)C)cc1[N+](=O)[O-]. The minimum atomic E-state index is -0.518. The lowest BCUT2D eigenvalue weighted by atomic mass is 10.1. The van der Waals surface area contributed by atoms with Gasteiger partial charge in [-0.15, -0.1) is 0 Å². The smallest absolute Gasteiger partial charge is 0.293 e. The highest BCUT2D eigenvalue weighted by molar-refractivity contribution is 5.96. The average Bonchev–Trinajstić information content (AvgIpc) is 2.46. The molecule has 0 heterocycles. The second kappa shape index (κ2) is 7.58. The molecule has 0 radical (unpaired) electrons. The first-order valence-corrected chi connectivity index (χ1v) is 6.80. The molecule has 7 heteroatoms. The van der Waals surface area contributed by atoms with Gasteiger partial charge in [-0.05, 0) is 32.4 Å². The standard InChI is InChI=1S/C14H21N3O4/c1-10(2)16(7-4-8-18)14(19)11-5-6-12(15-3)13(9-11)17(20)21/h5-6,9-10,15,18H,4,7-8H2,1-3H3. The molecule has 0 spiro atoms. The van der Waals surface area contributed by atoms with Crippen molar-refractivity contribution in [1.29, 1.82) is 0 Å². The number of benzene rings is 1. The van der Waals surface area contributed by atoms with Crippen LogP contribution in [0.25, 0.3) is 0 Å². The Morgan fingerprint density at radius 3 is 2.62 bits per heavy atom. The van der Waals surface area contributed by atoms with E-state index in [0.29, 0.717) is 18.7 Å². The molecule has 2 N–H and O–H groups in total. The van der Waals surface area contributed by atoms with Crippen molar-refractivity contribution in [3.63, 3.8) is 0 Å². The zero-order chi connectivity index (χ0) is 16.0. The molecule has 0 aliphatic rings. The molecule has 0 aliphatic carbocycles. The van der Waals surface area contributed by atoms with E-state index in [1.165, 1.54) is 12.1 Å². The van der Waals surface area contributed by atoms with Crippen molar-refractivity contribution in [2.24, 2.45) is 0 Å². The summed E-state index contributed by atoms with van der Waals surface area (Å²) in [6, 6.07) is 4.32. The fraction of sp³-hybridized carbons (Fsp3) is 0.500. The van der Waals surface area contributed by atoms with E-state index in [9.17, 15) is 14.9 Å². The third kappa shape index (κ3) is 4.16. The van der Waals surface area contributed by atoms with Crippen molar-refractivity contribution in [2.45, 2.75) is 26.3 Å². The van der Waals surface area contributed by atoms with Gasteiger partial charge < -0.3 is 15.3 Å². The molecule has 1 aromatic rings. The van der Waals surface area contributed by atoms with Gasteiger partial charge in [-0.2, -0.15) is 0 Å². The van der Waals surface area contributed by atoms with Gasteiger partial charge in [0, 0.05) is 37.9 Å². The first kappa shape index (κ1) is 16.9. The number of aliphatic hydroxyl groups is 1. The Hall–Kier alpha value is -2.15.